The first-order valence-corrected chi connectivity index (χ1v) is 12.5. The molecule has 1 aromatic heterocycles. The molecule has 0 bridgehead atoms. The summed E-state index contributed by atoms with van der Waals surface area (Å²) in [5.74, 6) is 0.0695. The number of unbranched alkanes of at least 4 members (excludes halogenated alkanes) is 2. The number of nitrogens with zero attached hydrogens (tertiary/aromatic N) is 1. The third-order valence-corrected chi connectivity index (χ3v) is 6.62. The van der Waals surface area contributed by atoms with Gasteiger partial charge in [-0.2, -0.15) is 0 Å². The van der Waals surface area contributed by atoms with E-state index in [0.29, 0.717) is 25.1 Å². The fourth-order valence-corrected chi connectivity index (χ4v) is 4.68. The molecule has 184 valence electrons. The number of hydrogen-bond acceptors (Lipinski definition) is 4. The standard InChI is InChI=1S/C29H33NO5/c31-28(32)12-2-1-7-18-35-27-11-6-3-8-24(27)20-30(26-9-4-5-10-26)29(33)23-15-13-22(14-16-23)25-17-19-34-21-25/h3,6,8,11,13-17,19,21,26H,1-2,4-5,7,9-10,12,18,20H2,(H,31,32). The van der Waals surface area contributed by atoms with Crippen molar-refractivity contribution in [3.05, 3.63) is 78.3 Å². The Bertz CT molecular complexity index is 1080. The smallest absolute Gasteiger partial charge is 0.303 e. The van der Waals surface area contributed by atoms with Crippen molar-refractivity contribution in [1.82, 2.24) is 4.90 Å². The summed E-state index contributed by atoms with van der Waals surface area (Å²) < 4.78 is 11.2. The summed E-state index contributed by atoms with van der Waals surface area (Å²) in [6, 6.07) is 17.7. The van der Waals surface area contributed by atoms with E-state index in [1.54, 1.807) is 12.5 Å². The highest BCUT2D eigenvalue weighted by molar-refractivity contribution is 5.95. The summed E-state index contributed by atoms with van der Waals surface area (Å²) in [5.41, 5.74) is 3.68. The van der Waals surface area contributed by atoms with E-state index in [9.17, 15) is 9.59 Å². The van der Waals surface area contributed by atoms with Crippen molar-refractivity contribution in [1.29, 1.82) is 0 Å². The number of carbonyl (C=O) groups excluding carboxylic acids is 1. The first-order chi connectivity index (χ1) is 17.1. The zero-order valence-corrected chi connectivity index (χ0v) is 20.0. The van der Waals surface area contributed by atoms with Crippen LogP contribution in [0.15, 0.2) is 71.5 Å². The van der Waals surface area contributed by atoms with E-state index in [1.807, 2.05) is 59.5 Å². The van der Waals surface area contributed by atoms with Crippen LogP contribution in [0.2, 0.25) is 0 Å². The SMILES string of the molecule is O=C(O)CCCCCOc1ccccc1CN(C(=O)c1ccc(-c2ccoc2)cc1)C1CCCC1. The number of para-hydroxylation sites is 1. The minimum absolute atomic E-state index is 0.0408. The largest absolute Gasteiger partial charge is 0.493 e. The fourth-order valence-electron chi connectivity index (χ4n) is 4.68. The Morgan fingerprint density at radius 2 is 1.71 bits per heavy atom. The van der Waals surface area contributed by atoms with E-state index in [1.165, 1.54) is 0 Å². The van der Waals surface area contributed by atoms with Crippen molar-refractivity contribution in [3.8, 4) is 16.9 Å². The van der Waals surface area contributed by atoms with Crippen molar-refractivity contribution in [2.45, 2.75) is 64.0 Å². The lowest BCUT2D eigenvalue weighted by molar-refractivity contribution is -0.137. The number of carboxylic acids is 1. The van der Waals surface area contributed by atoms with Gasteiger partial charge in [0.05, 0.1) is 19.1 Å². The van der Waals surface area contributed by atoms with Gasteiger partial charge in [-0.15, -0.1) is 0 Å². The Kier molecular flexibility index (Phi) is 8.60. The van der Waals surface area contributed by atoms with Crippen LogP contribution in [-0.4, -0.2) is 34.5 Å². The second kappa shape index (κ2) is 12.2. The summed E-state index contributed by atoms with van der Waals surface area (Å²) in [6.45, 7) is 1.03. The average Bonchev–Trinajstić information content (AvgIpc) is 3.60. The molecule has 0 unspecified atom stereocenters. The number of amides is 1. The fraction of sp³-hybridized carbons (Fsp3) is 0.379. The van der Waals surface area contributed by atoms with Gasteiger partial charge in [-0.3, -0.25) is 9.59 Å². The van der Waals surface area contributed by atoms with E-state index < -0.39 is 5.97 Å². The number of carboxylic acid groups (broad SMARTS) is 1. The second-order valence-electron chi connectivity index (χ2n) is 9.12. The first-order valence-electron chi connectivity index (χ1n) is 12.5. The Hall–Kier alpha value is -3.54. The monoisotopic (exact) mass is 475 g/mol. The molecular formula is C29H33NO5. The highest BCUT2D eigenvalue weighted by atomic mass is 16.5. The number of aliphatic carboxylic acids is 1. The molecule has 35 heavy (non-hydrogen) atoms. The number of ether oxygens (including phenoxy) is 1. The van der Waals surface area contributed by atoms with E-state index in [-0.39, 0.29) is 18.4 Å². The lowest BCUT2D eigenvalue weighted by Gasteiger charge is -2.30. The summed E-state index contributed by atoms with van der Waals surface area (Å²) >= 11 is 0. The second-order valence-corrected chi connectivity index (χ2v) is 9.12. The molecule has 4 rings (SSSR count). The molecule has 0 atom stereocenters. The first kappa shape index (κ1) is 24.6. The molecule has 1 heterocycles. The van der Waals surface area contributed by atoms with E-state index in [2.05, 4.69) is 0 Å². The summed E-state index contributed by atoms with van der Waals surface area (Å²) in [5, 5.41) is 8.77. The summed E-state index contributed by atoms with van der Waals surface area (Å²) in [4.78, 5) is 26.3. The van der Waals surface area contributed by atoms with Gasteiger partial charge in [0.1, 0.15) is 5.75 Å². The maximum absolute atomic E-state index is 13.7. The molecule has 0 spiro atoms. The van der Waals surface area contributed by atoms with Crippen LogP contribution < -0.4 is 4.74 Å². The zero-order chi connectivity index (χ0) is 24.5. The molecule has 2 aromatic carbocycles. The molecule has 0 saturated heterocycles. The van der Waals surface area contributed by atoms with Crippen molar-refractivity contribution in [2.24, 2.45) is 0 Å². The van der Waals surface area contributed by atoms with Crippen molar-refractivity contribution in [3.63, 3.8) is 0 Å². The van der Waals surface area contributed by atoms with Crippen molar-refractivity contribution >= 4 is 11.9 Å². The molecule has 1 aliphatic carbocycles. The molecular weight excluding hydrogens is 442 g/mol. The molecule has 1 saturated carbocycles. The summed E-state index contributed by atoms with van der Waals surface area (Å²) in [6.07, 6.45) is 10.1. The molecule has 1 aliphatic rings. The van der Waals surface area contributed by atoms with E-state index in [4.69, 9.17) is 14.3 Å². The van der Waals surface area contributed by atoms with Gasteiger partial charge in [0.2, 0.25) is 0 Å². The van der Waals surface area contributed by atoms with E-state index >= 15 is 0 Å². The Balaban J connectivity index is 1.44. The Morgan fingerprint density at radius 1 is 0.943 bits per heavy atom. The van der Waals surface area contributed by atoms with Crippen LogP contribution in [-0.2, 0) is 11.3 Å². The van der Waals surface area contributed by atoms with Gasteiger partial charge >= 0.3 is 5.97 Å². The lowest BCUT2D eigenvalue weighted by atomic mass is 10.0. The number of benzene rings is 2. The van der Waals surface area contributed by atoms with Crippen LogP contribution in [0.25, 0.3) is 11.1 Å². The molecule has 0 aliphatic heterocycles. The third kappa shape index (κ3) is 6.75. The molecule has 1 N–H and O–H groups in total. The third-order valence-electron chi connectivity index (χ3n) is 6.62. The topological polar surface area (TPSA) is 80.0 Å². The predicted molar refractivity (Wildman–Crippen MR) is 134 cm³/mol. The average molecular weight is 476 g/mol. The Labute approximate surface area is 206 Å². The van der Waals surface area contributed by atoms with Gasteiger partial charge in [-0.1, -0.05) is 43.2 Å². The van der Waals surface area contributed by atoms with Gasteiger partial charge < -0.3 is 19.2 Å². The van der Waals surface area contributed by atoms with Gasteiger partial charge in [0, 0.05) is 35.7 Å². The number of hydrogen-bond donors (Lipinski definition) is 1. The highest BCUT2D eigenvalue weighted by Crippen LogP contribution is 2.30. The quantitative estimate of drug-likeness (QED) is 0.300. The molecule has 1 amide bonds. The normalized spacial score (nSPS) is 13.6. The van der Waals surface area contributed by atoms with Gasteiger partial charge in [-0.25, -0.2) is 0 Å². The number of carbonyl (C=O) groups is 2. The lowest BCUT2D eigenvalue weighted by Crippen LogP contribution is -2.38. The van der Waals surface area contributed by atoms with Crippen LogP contribution in [0.3, 0.4) is 0 Å². The Morgan fingerprint density at radius 3 is 2.43 bits per heavy atom. The van der Waals surface area contributed by atoms with Crippen molar-refractivity contribution < 1.29 is 23.8 Å². The molecule has 6 nitrogen and oxygen atoms in total. The van der Waals surface area contributed by atoms with Gasteiger partial charge in [0.15, 0.2) is 0 Å². The molecule has 0 radical (unpaired) electrons. The van der Waals surface area contributed by atoms with E-state index in [0.717, 1.165) is 61.0 Å². The van der Waals surface area contributed by atoms with Gasteiger partial charge in [-0.05, 0) is 61.9 Å². The van der Waals surface area contributed by atoms with Crippen LogP contribution in [0, 0.1) is 0 Å². The highest BCUT2D eigenvalue weighted by Gasteiger charge is 2.28. The van der Waals surface area contributed by atoms with Crippen LogP contribution in [0.4, 0.5) is 0 Å². The predicted octanol–water partition coefficient (Wildman–Crippen LogP) is 6.56. The van der Waals surface area contributed by atoms with Crippen LogP contribution >= 0.6 is 0 Å². The molecule has 1 fully saturated rings. The minimum atomic E-state index is -0.760. The molecule has 3 aromatic rings. The zero-order valence-electron chi connectivity index (χ0n) is 20.0. The van der Waals surface area contributed by atoms with Gasteiger partial charge in [0.25, 0.3) is 5.91 Å². The van der Waals surface area contributed by atoms with Crippen molar-refractivity contribution in [2.75, 3.05) is 6.61 Å². The number of rotatable bonds is 12. The summed E-state index contributed by atoms with van der Waals surface area (Å²) in [7, 11) is 0. The maximum atomic E-state index is 13.7. The van der Waals surface area contributed by atoms with Crippen LogP contribution in [0.1, 0.15) is 67.3 Å². The van der Waals surface area contributed by atoms with Crippen LogP contribution in [0.5, 0.6) is 5.75 Å². The number of furan rings is 1. The minimum Gasteiger partial charge on any atom is -0.493 e. The molecule has 6 heteroatoms. The maximum Gasteiger partial charge on any atom is 0.303 e.